The molecule has 1 saturated carbocycles. The maximum atomic E-state index is 12.8. The van der Waals surface area contributed by atoms with Crippen LogP contribution in [-0.2, 0) is 32.7 Å². The number of carbonyl (C=O) groups excluding carboxylic acids is 2. The molecule has 0 bridgehead atoms. The molecule has 0 amide bonds. The molecule has 1 fully saturated rings. The normalized spacial score (nSPS) is 21.5. The summed E-state index contributed by atoms with van der Waals surface area (Å²) >= 11 is 0. The van der Waals surface area contributed by atoms with Crippen LogP contribution in [0.1, 0.15) is 226 Å². The summed E-state index contributed by atoms with van der Waals surface area (Å²) in [5.41, 5.74) is 0. The number of phosphoric ester groups is 1. The first-order valence-electron chi connectivity index (χ1n) is 26.3. The van der Waals surface area contributed by atoms with E-state index < -0.39 is 75.7 Å². The number of aliphatic hydroxyl groups excluding tert-OH is 5. The Hall–Kier alpha value is -1.93. The summed E-state index contributed by atoms with van der Waals surface area (Å²) in [6.45, 7) is 3.27. The Morgan fingerprint density at radius 1 is 0.470 bits per heavy atom. The van der Waals surface area contributed by atoms with Crippen molar-refractivity contribution in [3.8, 4) is 0 Å². The van der Waals surface area contributed by atoms with Crippen LogP contribution >= 0.6 is 7.82 Å². The molecule has 1 rings (SSSR count). The van der Waals surface area contributed by atoms with E-state index in [-0.39, 0.29) is 12.8 Å². The van der Waals surface area contributed by atoms with Crippen LogP contribution in [0.4, 0.5) is 0 Å². The number of rotatable bonds is 44. The third-order valence-electron chi connectivity index (χ3n) is 12.2. The molecule has 1 aliphatic rings. The predicted octanol–water partition coefficient (Wildman–Crippen LogP) is 11.3. The molecule has 6 unspecified atom stereocenters. The second kappa shape index (κ2) is 42.0. The number of ether oxygens (including phenoxy) is 2. The summed E-state index contributed by atoms with van der Waals surface area (Å²) in [6, 6.07) is 0. The van der Waals surface area contributed by atoms with Crippen LogP contribution in [0.15, 0.2) is 36.5 Å². The molecule has 386 valence electrons. The summed E-state index contributed by atoms with van der Waals surface area (Å²) in [5, 5.41) is 50.2. The molecule has 0 aromatic carbocycles. The zero-order valence-corrected chi connectivity index (χ0v) is 42.1. The highest BCUT2D eigenvalue weighted by Crippen LogP contribution is 2.47. The highest BCUT2D eigenvalue weighted by Gasteiger charge is 2.51. The summed E-state index contributed by atoms with van der Waals surface area (Å²) in [4.78, 5) is 35.8. The Bertz CT molecular complexity index is 1290. The van der Waals surface area contributed by atoms with E-state index in [1.165, 1.54) is 122 Å². The monoisotopic (exact) mass is 959 g/mol. The largest absolute Gasteiger partial charge is 0.472 e. The molecular formula is C52H95O13P. The SMILES string of the molecule is CCCC/C=C\C/C=C\CCCCCCCC(=O)OC(COC(=O)CCCCCCCCCCCCC/C=C\CCCCCCCCCC)COP(=O)(O)OC1C(O)C(O)C(O)C(O)C1O. The van der Waals surface area contributed by atoms with E-state index in [1.807, 2.05) is 0 Å². The Morgan fingerprint density at radius 2 is 0.833 bits per heavy atom. The lowest BCUT2D eigenvalue weighted by molar-refractivity contribution is -0.220. The number of aliphatic hydroxyl groups is 5. The van der Waals surface area contributed by atoms with Gasteiger partial charge in [0.05, 0.1) is 6.61 Å². The first-order valence-corrected chi connectivity index (χ1v) is 27.8. The second-order valence-corrected chi connectivity index (χ2v) is 19.8. The van der Waals surface area contributed by atoms with Gasteiger partial charge in [-0.1, -0.05) is 185 Å². The van der Waals surface area contributed by atoms with Crippen molar-refractivity contribution >= 4 is 19.8 Å². The van der Waals surface area contributed by atoms with Crippen molar-refractivity contribution < 1.29 is 63.1 Å². The van der Waals surface area contributed by atoms with E-state index in [4.69, 9.17) is 18.5 Å². The lowest BCUT2D eigenvalue weighted by atomic mass is 9.85. The van der Waals surface area contributed by atoms with E-state index in [9.17, 15) is 44.6 Å². The van der Waals surface area contributed by atoms with Crippen LogP contribution in [0.3, 0.4) is 0 Å². The van der Waals surface area contributed by atoms with E-state index >= 15 is 0 Å². The highest BCUT2D eigenvalue weighted by molar-refractivity contribution is 7.47. The quantitative estimate of drug-likeness (QED) is 0.0145. The average molecular weight is 959 g/mol. The third kappa shape index (κ3) is 33.5. The molecular weight excluding hydrogens is 864 g/mol. The van der Waals surface area contributed by atoms with E-state index in [2.05, 4.69) is 50.3 Å². The number of phosphoric acid groups is 1. The minimum absolute atomic E-state index is 0.0812. The van der Waals surface area contributed by atoms with Gasteiger partial charge in [0, 0.05) is 12.8 Å². The molecule has 0 saturated heterocycles. The van der Waals surface area contributed by atoms with Crippen LogP contribution < -0.4 is 0 Å². The minimum Gasteiger partial charge on any atom is -0.462 e. The van der Waals surface area contributed by atoms with Gasteiger partial charge in [-0.25, -0.2) is 4.57 Å². The van der Waals surface area contributed by atoms with Crippen molar-refractivity contribution in [2.24, 2.45) is 0 Å². The molecule has 0 aromatic heterocycles. The van der Waals surface area contributed by atoms with Gasteiger partial charge in [0.15, 0.2) is 6.10 Å². The molecule has 1 aliphatic carbocycles. The summed E-state index contributed by atoms with van der Waals surface area (Å²) in [6.07, 6.45) is 36.3. The Balaban J connectivity index is 2.35. The fourth-order valence-electron chi connectivity index (χ4n) is 7.95. The van der Waals surface area contributed by atoms with Crippen molar-refractivity contribution in [1.82, 2.24) is 0 Å². The van der Waals surface area contributed by atoms with Crippen molar-refractivity contribution in [2.45, 2.75) is 268 Å². The number of allylic oxidation sites excluding steroid dienone is 6. The van der Waals surface area contributed by atoms with Crippen LogP contribution in [0.25, 0.3) is 0 Å². The minimum atomic E-state index is -5.12. The zero-order chi connectivity index (χ0) is 48.5. The predicted molar refractivity (Wildman–Crippen MR) is 263 cm³/mol. The van der Waals surface area contributed by atoms with Crippen LogP contribution in [0.5, 0.6) is 0 Å². The molecule has 6 N–H and O–H groups in total. The van der Waals surface area contributed by atoms with Crippen molar-refractivity contribution in [3.05, 3.63) is 36.5 Å². The Morgan fingerprint density at radius 3 is 1.29 bits per heavy atom. The van der Waals surface area contributed by atoms with Crippen LogP contribution in [0.2, 0.25) is 0 Å². The number of unbranched alkanes of at least 4 members (excludes halogenated alkanes) is 26. The van der Waals surface area contributed by atoms with Gasteiger partial charge in [0.1, 0.15) is 43.2 Å². The number of esters is 2. The van der Waals surface area contributed by atoms with Crippen molar-refractivity contribution in [1.29, 1.82) is 0 Å². The Kier molecular flexibility index (Phi) is 39.5. The first kappa shape index (κ1) is 62.1. The van der Waals surface area contributed by atoms with Gasteiger partial charge in [-0.3, -0.25) is 18.6 Å². The van der Waals surface area contributed by atoms with Gasteiger partial charge in [0.25, 0.3) is 0 Å². The van der Waals surface area contributed by atoms with Crippen LogP contribution in [-0.4, -0.2) is 98.3 Å². The molecule has 0 spiro atoms. The molecule has 13 nitrogen and oxygen atoms in total. The standard InChI is InChI=1S/C52H95O13P/c1-3-5-7-9-11-13-15-17-19-20-21-22-23-24-25-26-27-29-30-32-34-36-38-40-45(53)62-42-44(43-63-66(60,61)65-52-50(58)48(56)47(55)49(57)51(52)59)64-46(54)41-39-37-35-33-31-28-18-16-14-12-10-8-6-4-2/h10,12,16,18,20-21,44,47-52,55-59H,3-9,11,13-15,17,19,22-43H2,1-2H3,(H,60,61)/b12-10-,18-16-,21-20-. The number of hydrogen-bond acceptors (Lipinski definition) is 12. The van der Waals surface area contributed by atoms with Gasteiger partial charge < -0.3 is 39.9 Å². The molecule has 0 aromatic rings. The molecule has 6 atom stereocenters. The molecule has 14 heteroatoms. The zero-order valence-electron chi connectivity index (χ0n) is 41.2. The third-order valence-corrected chi connectivity index (χ3v) is 13.2. The Labute approximate surface area is 399 Å². The topological polar surface area (TPSA) is 210 Å². The first-order chi connectivity index (χ1) is 31.9. The molecule has 0 aliphatic heterocycles. The van der Waals surface area contributed by atoms with Gasteiger partial charge in [0.2, 0.25) is 0 Å². The summed E-state index contributed by atoms with van der Waals surface area (Å²) < 4.78 is 33.6. The summed E-state index contributed by atoms with van der Waals surface area (Å²) in [7, 11) is -5.12. The van der Waals surface area contributed by atoms with Gasteiger partial charge in [-0.2, -0.15) is 0 Å². The lowest BCUT2D eigenvalue weighted by Crippen LogP contribution is -2.64. The maximum absolute atomic E-state index is 12.8. The van der Waals surface area contributed by atoms with E-state index in [0.29, 0.717) is 12.8 Å². The summed E-state index contributed by atoms with van der Waals surface area (Å²) in [5.74, 6) is -1.11. The smallest absolute Gasteiger partial charge is 0.462 e. The fraction of sp³-hybridized carbons (Fsp3) is 0.846. The van der Waals surface area contributed by atoms with E-state index in [0.717, 1.165) is 64.2 Å². The average Bonchev–Trinajstić information content (AvgIpc) is 3.30. The van der Waals surface area contributed by atoms with E-state index in [1.54, 1.807) is 0 Å². The van der Waals surface area contributed by atoms with Gasteiger partial charge in [-0.15, -0.1) is 0 Å². The lowest BCUT2D eigenvalue weighted by Gasteiger charge is -2.41. The van der Waals surface area contributed by atoms with Crippen molar-refractivity contribution in [3.63, 3.8) is 0 Å². The molecule has 0 heterocycles. The maximum Gasteiger partial charge on any atom is 0.472 e. The van der Waals surface area contributed by atoms with Gasteiger partial charge >= 0.3 is 19.8 Å². The fourth-order valence-corrected chi connectivity index (χ4v) is 8.92. The molecule has 66 heavy (non-hydrogen) atoms. The highest BCUT2D eigenvalue weighted by atomic mass is 31.2. The van der Waals surface area contributed by atoms with Crippen LogP contribution in [0, 0.1) is 0 Å². The number of carbonyl (C=O) groups is 2. The molecule has 0 radical (unpaired) electrons. The van der Waals surface area contributed by atoms with Gasteiger partial charge in [-0.05, 0) is 64.2 Å². The second-order valence-electron chi connectivity index (χ2n) is 18.4. The van der Waals surface area contributed by atoms with Crippen molar-refractivity contribution in [2.75, 3.05) is 13.2 Å². The number of hydrogen-bond donors (Lipinski definition) is 6.